The largest absolute Gasteiger partial charge is 0.462 e. The third kappa shape index (κ3) is 47.1. The van der Waals surface area contributed by atoms with Gasteiger partial charge in [-0.25, -0.2) is 0 Å². The van der Waals surface area contributed by atoms with Gasteiger partial charge >= 0.3 is 17.9 Å². The number of hydrogen-bond donors (Lipinski definition) is 0. The van der Waals surface area contributed by atoms with Crippen LogP contribution in [0, 0.1) is 0 Å². The van der Waals surface area contributed by atoms with Crippen LogP contribution in [-0.4, -0.2) is 37.2 Å². The molecule has 0 N–H and O–H groups in total. The summed E-state index contributed by atoms with van der Waals surface area (Å²) in [4.78, 5) is 37.9. The van der Waals surface area contributed by atoms with E-state index in [-0.39, 0.29) is 37.5 Å². The van der Waals surface area contributed by atoms with E-state index in [1.807, 2.05) is 0 Å². The second-order valence-corrected chi connectivity index (χ2v) is 16.0. The van der Waals surface area contributed by atoms with Crippen molar-refractivity contribution in [2.45, 2.75) is 213 Å². The van der Waals surface area contributed by atoms with Gasteiger partial charge in [0.1, 0.15) is 13.2 Å². The Morgan fingerprint density at radius 1 is 0.339 bits per heavy atom. The minimum Gasteiger partial charge on any atom is -0.462 e. The topological polar surface area (TPSA) is 78.9 Å². The minimum atomic E-state index is -0.819. The predicted octanol–water partition coefficient (Wildman–Crippen LogP) is 16.4. The molecule has 6 heteroatoms. The summed E-state index contributed by atoms with van der Waals surface area (Å²) in [6.07, 6.45) is 66.5. The van der Waals surface area contributed by atoms with E-state index in [9.17, 15) is 14.4 Å². The Kier molecular flexibility index (Phi) is 46.6. The number of allylic oxidation sites excluding steroid dienone is 18. The Morgan fingerprint density at radius 3 is 1.10 bits per heavy atom. The first-order valence-corrected chi connectivity index (χ1v) is 24.9. The van der Waals surface area contributed by atoms with Crippen LogP contribution in [0.15, 0.2) is 109 Å². The van der Waals surface area contributed by atoms with Gasteiger partial charge in [0.25, 0.3) is 0 Å². The lowest BCUT2D eigenvalue weighted by atomic mass is 10.1. The highest BCUT2D eigenvalue weighted by Crippen LogP contribution is 2.13. The number of esters is 3. The van der Waals surface area contributed by atoms with Crippen molar-refractivity contribution in [1.29, 1.82) is 0 Å². The normalized spacial score (nSPS) is 13.0. The molecular weight excluding hydrogens is 769 g/mol. The molecule has 0 heterocycles. The molecule has 0 saturated carbocycles. The molecular formula is C56H90O6. The van der Waals surface area contributed by atoms with Crippen LogP contribution in [0.4, 0.5) is 0 Å². The average molecular weight is 859 g/mol. The molecule has 0 aromatic heterocycles. The molecule has 0 radical (unpaired) electrons. The molecule has 0 aromatic carbocycles. The monoisotopic (exact) mass is 859 g/mol. The molecule has 0 rings (SSSR count). The van der Waals surface area contributed by atoms with E-state index < -0.39 is 6.10 Å². The summed E-state index contributed by atoms with van der Waals surface area (Å²) in [5.41, 5.74) is 0. The van der Waals surface area contributed by atoms with Crippen LogP contribution in [0.5, 0.6) is 0 Å². The molecule has 1 atom stereocenters. The zero-order chi connectivity index (χ0) is 45.1. The lowest BCUT2D eigenvalue weighted by Gasteiger charge is -2.18. The lowest BCUT2D eigenvalue weighted by Crippen LogP contribution is -2.30. The van der Waals surface area contributed by atoms with Gasteiger partial charge in [0.05, 0.1) is 0 Å². The second-order valence-electron chi connectivity index (χ2n) is 16.0. The van der Waals surface area contributed by atoms with Gasteiger partial charge in [-0.2, -0.15) is 0 Å². The summed E-state index contributed by atoms with van der Waals surface area (Å²) in [5, 5.41) is 0. The number of carbonyl (C=O) groups is 3. The van der Waals surface area contributed by atoms with E-state index in [1.165, 1.54) is 64.2 Å². The Hall–Kier alpha value is -3.93. The number of carbonyl (C=O) groups excluding carboxylic acids is 3. The van der Waals surface area contributed by atoms with Crippen molar-refractivity contribution in [2.75, 3.05) is 13.2 Å². The van der Waals surface area contributed by atoms with E-state index in [1.54, 1.807) is 0 Å². The second kappa shape index (κ2) is 49.7. The summed E-state index contributed by atoms with van der Waals surface area (Å²) in [6.45, 7) is 6.29. The number of ether oxygens (including phenoxy) is 3. The standard InChI is InChI=1S/C56H90O6/c1-4-7-10-13-16-19-22-25-27-28-30-31-34-37-40-43-46-49-55(58)61-52-53(51-60-54(57)48-45-42-39-36-33-24-21-18-15-12-9-6-3)62-56(59)50-47-44-41-38-35-32-29-26-23-20-17-14-11-8-5-2/h7,9-10,12,16,18-21,23,25,27,30-31,33,36-37,40,53H,4-6,8,11,13-15,17,22,24,26,28-29,32,34-35,38-39,41-52H2,1-3H3/b10-7-,12-9-,19-16-,21-18-,23-20-,27-25-,31-30-,36-33-,40-37-. The van der Waals surface area contributed by atoms with E-state index in [0.29, 0.717) is 25.7 Å². The maximum Gasteiger partial charge on any atom is 0.306 e. The van der Waals surface area contributed by atoms with Crippen LogP contribution >= 0.6 is 0 Å². The quantitative estimate of drug-likeness (QED) is 0.0263. The zero-order valence-electron chi connectivity index (χ0n) is 39.8. The van der Waals surface area contributed by atoms with Gasteiger partial charge in [-0.15, -0.1) is 0 Å². The van der Waals surface area contributed by atoms with Crippen LogP contribution < -0.4 is 0 Å². The Morgan fingerprint density at radius 2 is 0.645 bits per heavy atom. The highest BCUT2D eigenvalue weighted by Gasteiger charge is 2.19. The average Bonchev–Trinajstić information content (AvgIpc) is 3.27. The fourth-order valence-corrected chi connectivity index (χ4v) is 6.31. The van der Waals surface area contributed by atoms with Crippen molar-refractivity contribution >= 4 is 17.9 Å². The number of rotatable bonds is 43. The molecule has 0 aliphatic carbocycles. The summed E-state index contributed by atoms with van der Waals surface area (Å²) in [6, 6.07) is 0. The maximum absolute atomic E-state index is 12.8. The smallest absolute Gasteiger partial charge is 0.306 e. The molecule has 6 nitrogen and oxygen atoms in total. The molecule has 0 aliphatic heterocycles. The molecule has 0 bridgehead atoms. The summed E-state index contributed by atoms with van der Waals surface area (Å²) < 4.78 is 16.7. The number of unbranched alkanes of at least 4 members (excludes halogenated alkanes) is 14. The van der Waals surface area contributed by atoms with E-state index in [2.05, 4.69) is 130 Å². The zero-order valence-corrected chi connectivity index (χ0v) is 39.8. The number of hydrogen-bond acceptors (Lipinski definition) is 6. The van der Waals surface area contributed by atoms with Crippen LogP contribution in [0.25, 0.3) is 0 Å². The molecule has 0 spiro atoms. The van der Waals surface area contributed by atoms with E-state index >= 15 is 0 Å². The van der Waals surface area contributed by atoms with Gasteiger partial charge in [-0.05, 0) is 116 Å². The fourth-order valence-electron chi connectivity index (χ4n) is 6.31. The summed E-state index contributed by atoms with van der Waals surface area (Å²) in [5.74, 6) is -1.03. The van der Waals surface area contributed by atoms with E-state index in [4.69, 9.17) is 14.2 Å². The van der Waals surface area contributed by atoms with Gasteiger partial charge in [-0.3, -0.25) is 14.4 Å². The molecule has 62 heavy (non-hydrogen) atoms. The van der Waals surface area contributed by atoms with Gasteiger partial charge in [-0.1, -0.05) is 182 Å². The Bertz CT molecular complexity index is 1310. The van der Waals surface area contributed by atoms with Crippen LogP contribution in [0.3, 0.4) is 0 Å². The van der Waals surface area contributed by atoms with Crippen LogP contribution in [-0.2, 0) is 28.6 Å². The van der Waals surface area contributed by atoms with Crippen molar-refractivity contribution in [1.82, 2.24) is 0 Å². The highest BCUT2D eigenvalue weighted by molar-refractivity contribution is 5.71. The van der Waals surface area contributed by atoms with Gasteiger partial charge in [0, 0.05) is 19.3 Å². The molecule has 0 aromatic rings. The third-order valence-electron chi connectivity index (χ3n) is 9.99. The summed E-state index contributed by atoms with van der Waals surface area (Å²) in [7, 11) is 0. The van der Waals surface area contributed by atoms with E-state index in [0.717, 1.165) is 89.9 Å². The van der Waals surface area contributed by atoms with Gasteiger partial charge < -0.3 is 14.2 Å². The minimum absolute atomic E-state index is 0.119. The van der Waals surface area contributed by atoms with Crippen molar-refractivity contribution in [3.8, 4) is 0 Å². The highest BCUT2D eigenvalue weighted by atomic mass is 16.6. The SMILES string of the molecule is CC/C=C\C/C=C\C/C=C\C/C=C\C/C=C\CCCC(=O)OCC(COC(=O)CCCC/C=C\C/C=C\C/C=C\CC)OC(=O)CCCCCCCCC/C=C\CCCCCC. The Balaban J connectivity index is 4.54. The third-order valence-corrected chi connectivity index (χ3v) is 9.99. The van der Waals surface area contributed by atoms with Crippen molar-refractivity contribution in [3.05, 3.63) is 109 Å². The first-order chi connectivity index (χ1) is 30.5. The van der Waals surface area contributed by atoms with Gasteiger partial charge in [0.15, 0.2) is 6.10 Å². The molecule has 0 fully saturated rings. The predicted molar refractivity (Wildman–Crippen MR) is 265 cm³/mol. The molecule has 1 unspecified atom stereocenters. The molecule has 0 aliphatic rings. The fraction of sp³-hybridized carbons (Fsp3) is 0.625. The first kappa shape index (κ1) is 58.1. The van der Waals surface area contributed by atoms with Crippen LogP contribution in [0.1, 0.15) is 207 Å². The van der Waals surface area contributed by atoms with Crippen LogP contribution in [0.2, 0.25) is 0 Å². The van der Waals surface area contributed by atoms with Gasteiger partial charge in [0.2, 0.25) is 0 Å². The molecule has 0 saturated heterocycles. The molecule has 350 valence electrons. The van der Waals surface area contributed by atoms with Crippen molar-refractivity contribution in [2.24, 2.45) is 0 Å². The summed E-state index contributed by atoms with van der Waals surface area (Å²) >= 11 is 0. The van der Waals surface area contributed by atoms with Crippen molar-refractivity contribution in [3.63, 3.8) is 0 Å². The Labute approximate surface area is 380 Å². The van der Waals surface area contributed by atoms with Crippen molar-refractivity contribution < 1.29 is 28.6 Å². The molecule has 0 amide bonds. The first-order valence-electron chi connectivity index (χ1n) is 24.9. The lowest BCUT2D eigenvalue weighted by molar-refractivity contribution is -0.167. The maximum atomic E-state index is 12.8.